The third-order valence-corrected chi connectivity index (χ3v) is 4.95. The molecule has 0 radical (unpaired) electrons. The first kappa shape index (κ1) is 17.3. The summed E-state index contributed by atoms with van der Waals surface area (Å²) in [6.45, 7) is 1.43. The Morgan fingerprint density at radius 3 is 2.41 bits per heavy atom. The molecule has 5 nitrogen and oxygen atoms in total. The van der Waals surface area contributed by atoms with Crippen LogP contribution in [0, 0.1) is 0 Å². The first-order valence-corrected chi connectivity index (χ1v) is 9.40. The Morgan fingerprint density at radius 2 is 1.67 bits per heavy atom. The van der Waals surface area contributed by atoms with Crippen molar-refractivity contribution < 1.29 is 9.53 Å². The molecule has 1 fully saturated rings. The van der Waals surface area contributed by atoms with E-state index in [1.807, 2.05) is 36.4 Å². The van der Waals surface area contributed by atoms with E-state index in [2.05, 4.69) is 4.98 Å². The number of fused-ring (bicyclic) bond motifs is 1. The summed E-state index contributed by atoms with van der Waals surface area (Å²) in [7, 11) is 0. The van der Waals surface area contributed by atoms with Crippen molar-refractivity contribution in [2.75, 3.05) is 13.1 Å². The van der Waals surface area contributed by atoms with Gasteiger partial charge in [0.25, 0.3) is 5.91 Å². The summed E-state index contributed by atoms with van der Waals surface area (Å²) in [5.74, 6) is 1.08. The summed E-state index contributed by atoms with van der Waals surface area (Å²) < 4.78 is 5.83. The zero-order valence-electron chi connectivity index (χ0n) is 15.1. The molecule has 1 aliphatic rings. The van der Waals surface area contributed by atoms with Crippen molar-refractivity contribution >= 4 is 16.8 Å². The Balaban J connectivity index is 1.67. The van der Waals surface area contributed by atoms with Crippen LogP contribution >= 0.6 is 0 Å². The minimum Gasteiger partial charge on any atom is -0.457 e. The number of likely N-dealkylation sites (tertiary alicyclic amines) is 1. The molecule has 0 saturated carbocycles. The summed E-state index contributed by atoms with van der Waals surface area (Å²) in [5, 5.41) is 0.462. The maximum Gasteiger partial charge on any atom is 0.259 e. The van der Waals surface area contributed by atoms with Gasteiger partial charge in [0.15, 0.2) is 0 Å². The van der Waals surface area contributed by atoms with Crippen molar-refractivity contribution in [3.05, 3.63) is 70.5 Å². The van der Waals surface area contributed by atoms with E-state index in [-0.39, 0.29) is 16.9 Å². The zero-order chi connectivity index (χ0) is 18.6. The van der Waals surface area contributed by atoms with Gasteiger partial charge < -0.3 is 14.6 Å². The van der Waals surface area contributed by atoms with Crippen molar-refractivity contribution in [2.24, 2.45) is 0 Å². The number of H-pyrrole nitrogens is 1. The Kier molecular flexibility index (Phi) is 4.92. The summed E-state index contributed by atoms with van der Waals surface area (Å²) in [5.41, 5.74) is 0.630. The monoisotopic (exact) mass is 362 g/mol. The number of nitrogens with zero attached hydrogens (tertiary/aromatic N) is 1. The number of para-hydroxylation sites is 1. The van der Waals surface area contributed by atoms with Crippen LogP contribution < -0.4 is 10.2 Å². The van der Waals surface area contributed by atoms with Crippen LogP contribution in [0.15, 0.2) is 59.5 Å². The van der Waals surface area contributed by atoms with Crippen LogP contribution in [-0.4, -0.2) is 28.9 Å². The fourth-order valence-electron chi connectivity index (χ4n) is 3.49. The van der Waals surface area contributed by atoms with Gasteiger partial charge in [-0.2, -0.15) is 0 Å². The molecule has 5 heteroatoms. The molecule has 0 spiro atoms. The van der Waals surface area contributed by atoms with Gasteiger partial charge in [-0.05, 0) is 43.2 Å². The fraction of sp³-hybridized carbons (Fsp3) is 0.273. The maximum absolute atomic E-state index is 13.0. The Morgan fingerprint density at radius 1 is 0.926 bits per heavy atom. The molecule has 0 unspecified atom stereocenters. The van der Waals surface area contributed by atoms with Gasteiger partial charge in [0.1, 0.15) is 17.1 Å². The topological polar surface area (TPSA) is 62.4 Å². The van der Waals surface area contributed by atoms with Gasteiger partial charge >= 0.3 is 0 Å². The third-order valence-electron chi connectivity index (χ3n) is 4.95. The lowest BCUT2D eigenvalue weighted by Crippen LogP contribution is -2.35. The zero-order valence-corrected chi connectivity index (χ0v) is 15.1. The highest BCUT2D eigenvalue weighted by atomic mass is 16.5. The third kappa shape index (κ3) is 3.72. The van der Waals surface area contributed by atoms with Crippen LogP contribution in [0.2, 0.25) is 0 Å². The van der Waals surface area contributed by atoms with E-state index >= 15 is 0 Å². The Bertz CT molecular complexity index is 1000. The molecule has 1 saturated heterocycles. The number of benzene rings is 2. The number of aromatic amines is 1. The summed E-state index contributed by atoms with van der Waals surface area (Å²) in [4.78, 5) is 30.7. The van der Waals surface area contributed by atoms with Gasteiger partial charge in [-0.3, -0.25) is 9.59 Å². The molecular weight excluding hydrogens is 340 g/mol. The van der Waals surface area contributed by atoms with Gasteiger partial charge in [-0.1, -0.05) is 31.0 Å². The lowest BCUT2D eigenvalue weighted by molar-refractivity contribution is 0.0760. The molecule has 4 rings (SSSR count). The van der Waals surface area contributed by atoms with E-state index in [0.717, 1.165) is 25.7 Å². The number of pyridine rings is 1. The normalized spacial score (nSPS) is 14.7. The number of carbonyl (C=O) groups excluding carboxylic acids is 1. The highest BCUT2D eigenvalue weighted by molar-refractivity contribution is 5.97. The number of hydrogen-bond donors (Lipinski definition) is 1. The van der Waals surface area contributed by atoms with E-state index in [0.29, 0.717) is 35.5 Å². The van der Waals surface area contributed by atoms with Crippen LogP contribution in [0.5, 0.6) is 11.5 Å². The van der Waals surface area contributed by atoms with Gasteiger partial charge in [-0.25, -0.2) is 0 Å². The number of aromatic nitrogens is 1. The largest absolute Gasteiger partial charge is 0.457 e. The fourth-order valence-corrected chi connectivity index (χ4v) is 3.49. The molecular formula is C22H22N2O3. The summed E-state index contributed by atoms with van der Waals surface area (Å²) in [6.07, 6.45) is 5.80. The van der Waals surface area contributed by atoms with Gasteiger partial charge in [0.2, 0.25) is 5.43 Å². The number of ether oxygens (including phenoxy) is 1. The molecule has 0 bridgehead atoms. The summed E-state index contributed by atoms with van der Waals surface area (Å²) >= 11 is 0. The second kappa shape index (κ2) is 7.66. The molecule has 138 valence electrons. The van der Waals surface area contributed by atoms with Crippen LogP contribution in [-0.2, 0) is 0 Å². The van der Waals surface area contributed by atoms with E-state index in [4.69, 9.17) is 4.74 Å². The lowest BCUT2D eigenvalue weighted by atomic mass is 10.1. The first-order valence-electron chi connectivity index (χ1n) is 9.40. The highest BCUT2D eigenvalue weighted by Gasteiger charge is 2.21. The lowest BCUT2D eigenvalue weighted by Gasteiger charge is -2.20. The molecule has 27 heavy (non-hydrogen) atoms. The van der Waals surface area contributed by atoms with Gasteiger partial charge in [0, 0.05) is 30.2 Å². The molecule has 1 N–H and O–H groups in total. The van der Waals surface area contributed by atoms with Crippen molar-refractivity contribution in [1.29, 1.82) is 0 Å². The standard InChI is InChI=1S/C22H22N2O3/c25-21-18-14-17(27-16-8-4-3-5-9-16)10-11-20(18)23-15-19(21)22(26)24-12-6-1-2-7-13-24/h3-5,8-11,14-15H,1-2,6-7,12-13H2,(H,23,25). The Hall–Kier alpha value is -3.08. The SMILES string of the molecule is O=C(c1c[nH]c2ccc(Oc3ccccc3)cc2c1=O)N1CCCCCC1. The number of carbonyl (C=O) groups is 1. The van der Waals surface area contributed by atoms with Crippen LogP contribution in [0.1, 0.15) is 36.0 Å². The van der Waals surface area contributed by atoms with Crippen molar-refractivity contribution in [3.8, 4) is 11.5 Å². The van der Waals surface area contributed by atoms with Crippen LogP contribution in [0.4, 0.5) is 0 Å². The second-order valence-corrected chi connectivity index (χ2v) is 6.86. The number of amides is 1. The van der Waals surface area contributed by atoms with Crippen molar-refractivity contribution in [1.82, 2.24) is 9.88 Å². The number of rotatable bonds is 3. The minimum absolute atomic E-state index is 0.186. The number of nitrogens with one attached hydrogen (secondary N) is 1. The molecule has 2 aromatic carbocycles. The van der Waals surface area contributed by atoms with Crippen LogP contribution in [0.25, 0.3) is 10.9 Å². The average Bonchev–Trinajstić information content (AvgIpc) is 2.99. The highest BCUT2D eigenvalue weighted by Crippen LogP contribution is 2.24. The van der Waals surface area contributed by atoms with Crippen LogP contribution in [0.3, 0.4) is 0 Å². The molecule has 0 aliphatic carbocycles. The molecule has 1 aliphatic heterocycles. The average molecular weight is 362 g/mol. The van der Waals surface area contributed by atoms with E-state index in [1.165, 1.54) is 6.20 Å². The van der Waals surface area contributed by atoms with Crippen molar-refractivity contribution in [2.45, 2.75) is 25.7 Å². The van der Waals surface area contributed by atoms with E-state index < -0.39 is 0 Å². The molecule has 1 aromatic heterocycles. The molecule has 3 aromatic rings. The number of hydrogen-bond acceptors (Lipinski definition) is 3. The first-order chi connectivity index (χ1) is 13.2. The smallest absolute Gasteiger partial charge is 0.259 e. The van der Waals surface area contributed by atoms with Gasteiger partial charge in [-0.15, -0.1) is 0 Å². The maximum atomic E-state index is 13.0. The predicted octanol–water partition coefficient (Wildman–Crippen LogP) is 4.34. The van der Waals surface area contributed by atoms with Crippen molar-refractivity contribution in [3.63, 3.8) is 0 Å². The molecule has 1 amide bonds. The van der Waals surface area contributed by atoms with E-state index in [1.54, 1.807) is 17.0 Å². The summed E-state index contributed by atoms with van der Waals surface area (Å²) in [6, 6.07) is 14.7. The predicted molar refractivity (Wildman–Crippen MR) is 105 cm³/mol. The van der Waals surface area contributed by atoms with Gasteiger partial charge in [0.05, 0.1) is 0 Å². The second-order valence-electron chi connectivity index (χ2n) is 6.86. The molecule has 2 heterocycles. The minimum atomic E-state index is -0.253. The Labute approximate surface area is 157 Å². The van der Waals surface area contributed by atoms with E-state index in [9.17, 15) is 9.59 Å². The quantitative estimate of drug-likeness (QED) is 0.754. The molecule has 0 atom stereocenters.